The summed E-state index contributed by atoms with van der Waals surface area (Å²) in [5.41, 5.74) is 6.99. The Morgan fingerprint density at radius 2 is 1.30 bits per heavy atom. The van der Waals surface area contributed by atoms with Gasteiger partial charge in [0.25, 0.3) is 0 Å². The van der Waals surface area contributed by atoms with Crippen molar-refractivity contribution in [1.29, 1.82) is 0 Å². The third-order valence-electron chi connectivity index (χ3n) is 4.82. The van der Waals surface area contributed by atoms with E-state index in [1.54, 1.807) is 0 Å². The van der Waals surface area contributed by atoms with Crippen molar-refractivity contribution in [3.05, 3.63) is 114 Å². The summed E-state index contributed by atoms with van der Waals surface area (Å²) < 4.78 is 0. The van der Waals surface area contributed by atoms with Crippen molar-refractivity contribution in [2.24, 2.45) is 0 Å². The van der Waals surface area contributed by atoms with Crippen LogP contribution in [-0.2, 0) is 6.42 Å². The summed E-state index contributed by atoms with van der Waals surface area (Å²) >= 11 is 0. The Labute approximate surface area is 163 Å². The number of hydrogen-bond donors (Lipinski definition) is 0. The van der Waals surface area contributed by atoms with E-state index < -0.39 is 0 Å². The Bertz CT molecular complexity index is 833. The molecule has 0 spiro atoms. The molecule has 0 atom stereocenters. The van der Waals surface area contributed by atoms with E-state index in [9.17, 15) is 0 Å². The summed E-state index contributed by atoms with van der Waals surface area (Å²) in [5, 5.41) is 0. The van der Waals surface area contributed by atoms with Crippen molar-refractivity contribution in [3.63, 3.8) is 0 Å². The van der Waals surface area contributed by atoms with Crippen LogP contribution in [0.3, 0.4) is 0 Å². The lowest BCUT2D eigenvalue weighted by Gasteiger charge is -2.09. The maximum absolute atomic E-state index is 2.27. The highest BCUT2D eigenvalue weighted by Gasteiger charge is 2.07. The van der Waals surface area contributed by atoms with Gasteiger partial charge >= 0.3 is 0 Å². The van der Waals surface area contributed by atoms with Gasteiger partial charge in [-0.2, -0.15) is 0 Å². The van der Waals surface area contributed by atoms with Crippen molar-refractivity contribution in [2.45, 2.75) is 32.6 Å². The Morgan fingerprint density at radius 3 is 1.85 bits per heavy atom. The Balaban J connectivity index is 0.000000159. The van der Waals surface area contributed by atoms with Crippen LogP contribution in [0, 0.1) is 0 Å². The normalized spacial score (nSPS) is 12.3. The minimum absolute atomic E-state index is 1.10. The molecule has 0 aromatic heterocycles. The van der Waals surface area contributed by atoms with E-state index >= 15 is 0 Å². The molecule has 0 heteroatoms. The average Bonchev–Trinajstić information content (AvgIpc) is 3.29. The molecule has 1 aliphatic carbocycles. The molecule has 1 aliphatic rings. The maximum Gasteiger partial charge on any atom is -0.00883 e. The quantitative estimate of drug-likeness (QED) is 0.441. The average molecular weight is 353 g/mol. The molecule has 4 rings (SSSR count). The summed E-state index contributed by atoms with van der Waals surface area (Å²) in [4.78, 5) is 0. The summed E-state index contributed by atoms with van der Waals surface area (Å²) in [6.07, 6.45) is 11.5. The Kier molecular flexibility index (Phi) is 7.24. The zero-order valence-corrected chi connectivity index (χ0v) is 16.1. The number of allylic oxidation sites excluding steroid dienone is 4. The first-order chi connectivity index (χ1) is 13.4. The van der Waals surface area contributed by atoms with Gasteiger partial charge in [-0.15, -0.1) is 0 Å². The molecule has 136 valence electrons. The number of benzene rings is 3. The van der Waals surface area contributed by atoms with Crippen LogP contribution in [0.4, 0.5) is 0 Å². The van der Waals surface area contributed by atoms with Gasteiger partial charge in [0.1, 0.15) is 0 Å². The molecule has 0 saturated carbocycles. The van der Waals surface area contributed by atoms with Crippen molar-refractivity contribution < 1.29 is 0 Å². The molecule has 0 aliphatic heterocycles. The van der Waals surface area contributed by atoms with Gasteiger partial charge in [-0.1, -0.05) is 117 Å². The first-order valence-electron chi connectivity index (χ1n) is 9.93. The molecule has 27 heavy (non-hydrogen) atoms. The molecule has 0 unspecified atom stereocenters. The Morgan fingerprint density at radius 1 is 0.704 bits per heavy atom. The van der Waals surface area contributed by atoms with Crippen molar-refractivity contribution in [1.82, 2.24) is 0 Å². The fourth-order valence-electron chi connectivity index (χ4n) is 3.33. The van der Waals surface area contributed by atoms with E-state index in [0.717, 1.165) is 6.42 Å². The fraction of sp³-hybridized carbons (Fsp3) is 0.185. The van der Waals surface area contributed by atoms with E-state index in [1.807, 2.05) is 12.1 Å². The topological polar surface area (TPSA) is 0 Å². The smallest absolute Gasteiger partial charge is 0.00883 e. The molecular weight excluding hydrogens is 324 g/mol. The lowest BCUT2D eigenvalue weighted by atomic mass is 9.96. The van der Waals surface area contributed by atoms with Crippen molar-refractivity contribution >= 4 is 5.57 Å². The lowest BCUT2D eigenvalue weighted by molar-refractivity contribution is 0.793. The SMILES string of the molecule is CCCCc1ccccc1C1=CC=CC1.c1ccc(-c2ccccc2)cc1. The van der Waals surface area contributed by atoms with Crippen molar-refractivity contribution in [2.75, 3.05) is 0 Å². The third-order valence-corrected chi connectivity index (χ3v) is 4.82. The molecule has 0 nitrogen and oxygen atoms in total. The second kappa shape index (κ2) is 10.3. The number of hydrogen-bond acceptors (Lipinski definition) is 0. The standard InChI is InChI=1S/C15H18.C12H10/c1-2-3-8-13-11-6-7-12-15(13)14-9-4-5-10-14;1-3-7-11(8-4-1)12-9-5-2-6-10-12/h4-7,9,11-12H,2-3,8,10H2,1H3;1-10H. The number of rotatable bonds is 5. The number of unbranched alkanes of at least 4 members (excludes halogenated alkanes) is 1. The van der Waals surface area contributed by atoms with Gasteiger partial charge in [-0.3, -0.25) is 0 Å². The van der Waals surface area contributed by atoms with Gasteiger partial charge in [-0.05, 0) is 47.1 Å². The first-order valence-corrected chi connectivity index (χ1v) is 9.93. The van der Waals surface area contributed by atoms with Gasteiger partial charge in [0.15, 0.2) is 0 Å². The van der Waals surface area contributed by atoms with Crippen LogP contribution in [0.15, 0.2) is 103 Å². The van der Waals surface area contributed by atoms with Crippen LogP contribution in [0.2, 0.25) is 0 Å². The van der Waals surface area contributed by atoms with E-state index in [-0.39, 0.29) is 0 Å². The lowest BCUT2D eigenvalue weighted by Crippen LogP contribution is -1.92. The van der Waals surface area contributed by atoms with Crippen LogP contribution in [-0.4, -0.2) is 0 Å². The zero-order chi connectivity index (χ0) is 18.7. The van der Waals surface area contributed by atoms with Crippen LogP contribution in [0.25, 0.3) is 16.7 Å². The van der Waals surface area contributed by atoms with E-state index in [1.165, 1.54) is 47.1 Å². The second-order valence-corrected chi connectivity index (χ2v) is 6.82. The van der Waals surface area contributed by atoms with E-state index in [2.05, 4.69) is 97.9 Å². The molecule has 0 radical (unpaired) electrons. The largest absolute Gasteiger partial charge is 0.0801 e. The number of aryl methyl sites for hydroxylation is 1. The summed E-state index contributed by atoms with van der Waals surface area (Å²) in [7, 11) is 0. The predicted octanol–water partition coefficient (Wildman–Crippen LogP) is 7.73. The molecular formula is C27H28. The first kappa shape index (κ1) is 18.9. The minimum atomic E-state index is 1.10. The highest BCUT2D eigenvalue weighted by molar-refractivity contribution is 5.73. The van der Waals surface area contributed by atoms with Crippen molar-refractivity contribution in [3.8, 4) is 11.1 Å². The molecule has 3 aromatic carbocycles. The van der Waals surface area contributed by atoms with E-state index in [0.29, 0.717) is 0 Å². The third kappa shape index (κ3) is 5.56. The molecule has 0 N–H and O–H groups in total. The van der Waals surface area contributed by atoms with Gasteiger partial charge in [0.2, 0.25) is 0 Å². The minimum Gasteiger partial charge on any atom is -0.0801 e. The maximum atomic E-state index is 2.27. The molecule has 0 saturated heterocycles. The summed E-state index contributed by atoms with van der Waals surface area (Å²) in [5.74, 6) is 0. The highest BCUT2D eigenvalue weighted by Crippen LogP contribution is 2.27. The molecule has 0 heterocycles. The molecule has 0 bridgehead atoms. The van der Waals surface area contributed by atoms with Crippen LogP contribution < -0.4 is 0 Å². The summed E-state index contributed by atoms with van der Waals surface area (Å²) in [6, 6.07) is 29.6. The fourth-order valence-corrected chi connectivity index (χ4v) is 3.33. The van der Waals surface area contributed by atoms with E-state index in [4.69, 9.17) is 0 Å². The van der Waals surface area contributed by atoms with Gasteiger partial charge in [-0.25, -0.2) is 0 Å². The van der Waals surface area contributed by atoms with Crippen LogP contribution in [0.1, 0.15) is 37.3 Å². The monoisotopic (exact) mass is 352 g/mol. The predicted molar refractivity (Wildman–Crippen MR) is 119 cm³/mol. The van der Waals surface area contributed by atoms with Crippen LogP contribution >= 0.6 is 0 Å². The van der Waals surface area contributed by atoms with Gasteiger partial charge in [0.05, 0.1) is 0 Å². The van der Waals surface area contributed by atoms with Crippen LogP contribution in [0.5, 0.6) is 0 Å². The highest BCUT2D eigenvalue weighted by atomic mass is 14.1. The molecule has 0 fully saturated rings. The molecule has 0 amide bonds. The van der Waals surface area contributed by atoms with Gasteiger partial charge in [0, 0.05) is 0 Å². The molecule has 3 aromatic rings. The second-order valence-electron chi connectivity index (χ2n) is 6.82. The summed E-state index contributed by atoms with van der Waals surface area (Å²) in [6.45, 7) is 2.25. The Hall–Kier alpha value is -2.86. The zero-order valence-electron chi connectivity index (χ0n) is 16.1. The van der Waals surface area contributed by atoms with Gasteiger partial charge < -0.3 is 0 Å².